The van der Waals surface area contributed by atoms with Crippen molar-refractivity contribution in [1.29, 1.82) is 0 Å². The maximum absolute atomic E-state index is 11.1. The van der Waals surface area contributed by atoms with Gasteiger partial charge in [-0.05, 0) is 64.8 Å². The van der Waals surface area contributed by atoms with Gasteiger partial charge in [0, 0.05) is 6.07 Å². The first kappa shape index (κ1) is 18.8. The SMILES string of the molecule is CCOc1c(Br)cc(C=Cc2ccc3c([N+](=O)[O-])cccc3n2)cc1OC. The summed E-state index contributed by atoms with van der Waals surface area (Å²) < 4.78 is 11.8. The van der Waals surface area contributed by atoms with Crippen LogP contribution in [0.25, 0.3) is 23.1 Å². The van der Waals surface area contributed by atoms with Crippen LogP contribution in [0.3, 0.4) is 0 Å². The molecule has 3 rings (SSSR count). The lowest BCUT2D eigenvalue weighted by atomic mass is 10.1. The normalized spacial score (nSPS) is 11.1. The molecule has 6 nitrogen and oxygen atoms in total. The fraction of sp³-hybridized carbons (Fsp3) is 0.150. The number of nitro benzene ring substituents is 1. The number of halogens is 1. The maximum Gasteiger partial charge on any atom is 0.278 e. The number of rotatable bonds is 6. The van der Waals surface area contributed by atoms with E-state index < -0.39 is 4.92 Å². The van der Waals surface area contributed by atoms with E-state index in [1.165, 1.54) is 6.07 Å². The molecule has 1 heterocycles. The lowest BCUT2D eigenvalue weighted by Crippen LogP contribution is -1.96. The molecule has 0 bridgehead atoms. The fourth-order valence-corrected chi connectivity index (χ4v) is 3.28. The highest BCUT2D eigenvalue weighted by Gasteiger charge is 2.12. The largest absolute Gasteiger partial charge is 0.493 e. The summed E-state index contributed by atoms with van der Waals surface area (Å²) in [6.07, 6.45) is 3.74. The zero-order valence-electron chi connectivity index (χ0n) is 14.8. The zero-order valence-corrected chi connectivity index (χ0v) is 16.4. The molecule has 0 aliphatic rings. The van der Waals surface area contributed by atoms with Gasteiger partial charge in [0.1, 0.15) is 0 Å². The molecule has 0 aliphatic heterocycles. The third-order valence-electron chi connectivity index (χ3n) is 3.91. The van der Waals surface area contributed by atoms with Gasteiger partial charge in [0.25, 0.3) is 5.69 Å². The van der Waals surface area contributed by atoms with Gasteiger partial charge in [0.15, 0.2) is 11.5 Å². The summed E-state index contributed by atoms with van der Waals surface area (Å²) in [5.41, 5.74) is 2.24. The second kappa shape index (κ2) is 8.18. The Morgan fingerprint density at radius 3 is 2.74 bits per heavy atom. The van der Waals surface area contributed by atoms with E-state index in [0.717, 1.165) is 10.0 Å². The highest BCUT2D eigenvalue weighted by molar-refractivity contribution is 9.10. The van der Waals surface area contributed by atoms with E-state index in [1.807, 2.05) is 31.2 Å². The molecule has 0 fully saturated rings. The molecule has 138 valence electrons. The molecule has 0 unspecified atom stereocenters. The number of nitro groups is 1. The van der Waals surface area contributed by atoms with Crippen molar-refractivity contribution >= 4 is 44.7 Å². The number of ether oxygens (including phenoxy) is 2. The van der Waals surface area contributed by atoms with Gasteiger partial charge in [0.2, 0.25) is 0 Å². The molecule has 7 heteroatoms. The zero-order chi connectivity index (χ0) is 19.4. The lowest BCUT2D eigenvalue weighted by Gasteiger charge is -2.12. The third-order valence-corrected chi connectivity index (χ3v) is 4.50. The molecular formula is C20H17BrN2O4. The van der Waals surface area contributed by atoms with Crippen LogP contribution in [-0.2, 0) is 0 Å². The molecule has 0 saturated carbocycles. The highest BCUT2D eigenvalue weighted by atomic mass is 79.9. The number of methoxy groups -OCH3 is 1. The van der Waals surface area contributed by atoms with Gasteiger partial charge in [-0.25, -0.2) is 4.98 Å². The van der Waals surface area contributed by atoms with Gasteiger partial charge in [-0.3, -0.25) is 10.1 Å². The van der Waals surface area contributed by atoms with Crippen molar-refractivity contribution in [3.8, 4) is 11.5 Å². The van der Waals surface area contributed by atoms with Crippen molar-refractivity contribution in [2.45, 2.75) is 6.92 Å². The summed E-state index contributed by atoms with van der Waals surface area (Å²) in [6.45, 7) is 2.45. The average Bonchev–Trinajstić information content (AvgIpc) is 2.67. The van der Waals surface area contributed by atoms with Gasteiger partial charge in [-0.15, -0.1) is 0 Å². The quantitative estimate of drug-likeness (QED) is 0.383. The topological polar surface area (TPSA) is 74.5 Å². The number of nitrogens with zero attached hydrogens (tertiary/aromatic N) is 2. The van der Waals surface area contributed by atoms with E-state index in [-0.39, 0.29) is 5.69 Å². The monoisotopic (exact) mass is 428 g/mol. The van der Waals surface area contributed by atoms with Crippen LogP contribution in [0.1, 0.15) is 18.2 Å². The Balaban J connectivity index is 1.94. The van der Waals surface area contributed by atoms with Crippen molar-refractivity contribution in [3.05, 3.63) is 68.3 Å². The minimum atomic E-state index is -0.400. The highest BCUT2D eigenvalue weighted by Crippen LogP contribution is 2.37. The molecule has 1 aromatic heterocycles. The van der Waals surface area contributed by atoms with Gasteiger partial charge in [-0.2, -0.15) is 0 Å². The van der Waals surface area contributed by atoms with Gasteiger partial charge < -0.3 is 9.47 Å². The van der Waals surface area contributed by atoms with E-state index >= 15 is 0 Å². The van der Waals surface area contributed by atoms with Crippen molar-refractivity contribution in [3.63, 3.8) is 0 Å². The van der Waals surface area contributed by atoms with Gasteiger partial charge in [-0.1, -0.05) is 12.1 Å². The van der Waals surface area contributed by atoms with E-state index in [1.54, 1.807) is 31.4 Å². The summed E-state index contributed by atoms with van der Waals surface area (Å²) in [5, 5.41) is 11.6. The van der Waals surface area contributed by atoms with Crippen LogP contribution in [0.15, 0.2) is 46.9 Å². The van der Waals surface area contributed by atoms with E-state index in [2.05, 4.69) is 20.9 Å². The van der Waals surface area contributed by atoms with Crippen molar-refractivity contribution < 1.29 is 14.4 Å². The Bertz CT molecular complexity index is 1030. The van der Waals surface area contributed by atoms with Crippen LogP contribution >= 0.6 is 15.9 Å². The number of aromatic nitrogens is 1. The molecule has 3 aromatic rings. The second-order valence-corrected chi connectivity index (χ2v) is 6.49. The molecular weight excluding hydrogens is 412 g/mol. The standard InChI is InChI=1S/C20H17BrN2O4/c1-3-27-20-16(21)11-13(12-19(20)26-2)7-8-14-9-10-15-17(22-14)5-4-6-18(15)23(24)25/h4-12H,3H2,1-2H3. The predicted octanol–water partition coefficient (Wildman–Crippen LogP) is 5.48. The van der Waals surface area contributed by atoms with Crippen molar-refractivity contribution in [1.82, 2.24) is 4.98 Å². The lowest BCUT2D eigenvalue weighted by molar-refractivity contribution is -0.383. The fourth-order valence-electron chi connectivity index (χ4n) is 2.71. The van der Waals surface area contributed by atoms with E-state index in [0.29, 0.717) is 34.7 Å². The summed E-state index contributed by atoms with van der Waals surface area (Å²) in [7, 11) is 1.59. The van der Waals surface area contributed by atoms with Crippen LogP contribution in [0.2, 0.25) is 0 Å². The maximum atomic E-state index is 11.1. The Kier molecular flexibility index (Phi) is 5.71. The Morgan fingerprint density at radius 1 is 1.22 bits per heavy atom. The van der Waals surface area contributed by atoms with Gasteiger partial charge >= 0.3 is 0 Å². The number of benzene rings is 2. The Labute approximate surface area is 164 Å². The van der Waals surface area contributed by atoms with Crippen LogP contribution in [-0.4, -0.2) is 23.6 Å². The Morgan fingerprint density at radius 2 is 2.04 bits per heavy atom. The molecule has 0 radical (unpaired) electrons. The number of fused-ring (bicyclic) bond motifs is 1. The first-order valence-corrected chi connectivity index (χ1v) is 9.05. The van der Waals surface area contributed by atoms with Crippen LogP contribution in [0.5, 0.6) is 11.5 Å². The number of non-ortho nitro benzene ring substituents is 1. The summed E-state index contributed by atoms with van der Waals surface area (Å²) in [6, 6.07) is 12.1. The molecule has 0 aliphatic carbocycles. The molecule has 0 atom stereocenters. The minimum absolute atomic E-state index is 0.0516. The smallest absolute Gasteiger partial charge is 0.278 e. The second-order valence-electron chi connectivity index (χ2n) is 5.64. The average molecular weight is 429 g/mol. The van der Waals surface area contributed by atoms with Crippen LogP contribution < -0.4 is 9.47 Å². The molecule has 0 amide bonds. The number of pyridine rings is 1. The van der Waals surface area contributed by atoms with E-state index in [4.69, 9.17) is 9.47 Å². The first-order valence-electron chi connectivity index (χ1n) is 8.26. The first-order chi connectivity index (χ1) is 13.0. The van der Waals surface area contributed by atoms with Crippen molar-refractivity contribution in [2.24, 2.45) is 0 Å². The minimum Gasteiger partial charge on any atom is -0.493 e. The Hall–Kier alpha value is -2.93. The molecule has 27 heavy (non-hydrogen) atoms. The predicted molar refractivity (Wildman–Crippen MR) is 109 cm³/mol. The van der Waals surface area contributed by atoms with Crippen LogP contribution in [0.4, 0.5) is 5.69 Å². The van der Waals surface area contributed by atoms with Crippen molar-refractivity contribution in [2.75, 3.05) is 13.7 Å². The number of hydrogen-bond donors (Lipinski definition) is 0. The van der Waals surface area contributed by atoms with E-state index in [9.17, 15) is 10.1 Å². The molecule has 2 aromatic carbocycles. The van der Waals surface area contributed by atoms with Crippen LogP contribution in [0, 0.1) is 10.1 Å². The molecule has 0 spiro atoms. The summed E-state index contributed by atoms with van der Waals surface area (Å²) in [4.78, 5) is 15.2. The third kappa shape index (κ3) is 4.09. The summed E-state index contributed by atoms with van der Waals surface area (Å²) >= 11 is 3.50. The molecule has 0 N–H and O–H groups in total. The molecule has 0 saturated heterocycles. The summed E-state index contributed by atoms with van der Waals surface area (Å²) in [5.74, 6) is 1.29. The number of hydrogen-bond acceptors (Lipinski definition) is 5. The van der Waals surface area contributed by atoms with Gasteiger partial charge in [0.05, 0.1) is 39.7 Å².